The molecule has 1 aliphatic carbocycles. The first-order valence-electron chi connectivity index (χ1n) is 7.92. The van der Waals surface area contributed by atoms with E-state index in [9.17, 15) is 15.3 Å². The highest BCUT2D eigenvalue weighted by atomic mass is 16.3. The van der Waals surface area contributed by atoms with E-state index in [1.54, 1.807) is 18.2 Å². The summed E-state index contributed by atoms with van der Waals surface area (Å²) in [6.45, 7) is 0. The number of phenolic OH excluding ortho intramolecular Hbond substituents is 3. The van der Waals surface area contributed by atoms with Gasteiger partial charge < -0.3 is 15.3 Å². The van der Waals surface area contributed by atoms with E-state index in [0.717, 1.165) is 41.5 Å². The van der Waals surface area contributed by atoms with Crippen LogP contribution in [0.2, 0.25) is 0 Å². The number of hydrogen-bond acceptors (Lipinski definition) is 3. The van der Waals surface area contributed by atoms with Crippen molar-refractivity contribution in [2.45, 2.75) is 19.3 Å². The van der Waals surface area contributed by atoms with Crippen LogP contribution in [0.25, 0.3) is 22.6 Å². The van der Waals surface area contributed by atoms with Gasteiger partial charge in [-0.15, -0.1) is 0 Å². The van der Waals surface area contributed by atoms with Gasteiger partial charge in [-0.1, -0.05) is 0 Å². The average Bonchev–Trinajstić information content (AvgIpc) is 2.57. The molecule has 0 fully saturated rings. The van der Waals surface area contributed by atoms with Crippen LogP contribution in [0.1, 0.15) is 29.7 Å². The summed E-state index contributed by atoms with van der Waals surface area (Å²) >= 11 is 0. The van der Waals surface area contributed by atoms with Crippen LogP contribution in [0.4, 0.5) is 0 Å². The molecule has 4 rings (SSSR count). The summed E-state index contributed by atoms with van der Waals surface area (Å²) in [6, 6.07) is 11.6. The zero-order valence-corrected chi connectivity index (χ0v) is 13.0. The molecular weight excluding hydrogens is 304 g/mol. The molecule has 0 amide bonds. The van der Waals surface area contributed by atoms with E-state index >= 15 is 0 Å². The van der Waals surface area contributed by atoms with E-state index in [-0.39, 0.29) is 17.2 Å². The maximum Gasteiger partial charge on any atom is 0.361 e. The molecule has 1 aliphatic rings. The molecule has 3 N–H and O–H groups in total. The van der Waals surface area contributed by atoms with Crippen LogP contribution in [0.3, 0.4) is 0 Å². The molecule has 1 aromatic heterocycles. The van der Waals surface area contributed by atoms with Gasteiger partial charge in [-0.05, 0) is 61.7 Å². The number of benzene rings is 2. The molecule has 0 spiro atoms. The summed E-state index contributed by atoms with van der Waals surface area (Å²) in [6.07, 6.45) is 4.60. The molecule has 4 nitrogen and oxygen atoms in total. The number of hydrogen-bond donors (Lipinski definition) is 3. The van der Waals surface area contributed by atoms with E-state index in [1.807, 2.05) is 12.1 Å². The molecule has 0 unspecified atom stereocenters. The zero-order valence-electron chi connectivity index (χ0n) is 13.0. The van der Waals surface area contributed by atoms with Crippen LogP contribution in [-0.4, -0.2) is 15.3 Å². The Morgan fingerprint density at radius 1 is 0.875 bits per heavy atom. The standard InChI is InChI=1S/C20H16O4/c21-16-4-6-18(23)14(10-16)8-12-2-1-3-13-9-15-11-17(22)5-7-19(15)24-20(12)13/h4-11H,1-3H2,(H2-,21,22,23)/p+1/b12-8-. The fraction of sp³-hybridized carbons (Fsp3) is 0.150. The Morgan fingerprint density at radius 3 is 2.54 bits per heavy atom. The van der Waals surface area contributed by atoms with Crippen molar-refractivity contribution in [2.24, 2.45) is 0 Å². The number of aryl methyl sites for hydroxylation is 1. The van der Waals surface area contributed by atoms with Gasteiger partial charge in [0, 0.05) is 11.6 Å². The third-order valence-corrected chi connectivity index (χ3v) is 4.35. The lowest BCUT2D eigenvalue weighted by Crippen LogP contribution is -2.02. The summed E-state index contributed by atoms with van der Waals surface area (Å²) in [5.74, 6) is 1.26. The van der Waals surface area contributed by atoms with Gasteiger partial charge in [-0.3, -0.25) is 0 Å². The van der Waals surface area contributed by atoms with Crippen LogP contribution < -0.4 is 0 Å². The fourth-order valence-corrected chi connectivity index (χ4v) is 3.19. The second kappa shape index (κ2) is 5.57. The number of aromatic hydroxyl groups is 3. The Labute approximate surface area is 138 Å². The Morgan fingerprint density at radius 2 is 1.67 bits per heavy atom. The average molecular weight is 321 g/mol. The van der Waals surface area contributed by atoms with E-state index < -0.39 is 0 Å². The molecule has 2 aromatic carbocycles. The summed E-state index contributed by atoms with van der Waals surface area (Å²) in [4.78, 5) is 0. The van der Waals surface area contributed by atoms with Gasteiger partial charge >= 0.3 is 11.3 Å². The van der Waals surface area contributed by atoms with Crippen LogP contribution in [0, 0.1) is 0 Å². The lowest BCUT2D eigenvalue weighted by molar-refractivity contribution is 0.459. The van der Waals surface area contributed by atoms with Crippen molar-refractivity contribution in [3.05, 3.63) is 59.4 Å². The van der Waals surface area contributed by atoms with Gasteiger partial charge in [-0.25, -0.2) is 4.42 Å². The Kier molecular flexibility index (Phi) is 3.38. The van der Waals surface area contributed by atoms with Crippen molar-refractivity contribution < 1.29 is 19.7 Å². The summed E-state index contributed by atoms with van der Waals surface area (Å²) in [5, 5.41) is 30.1. The number of rotatable bonds is 1. The Balaban J connectivity index is 1.87. The Bertz CT molecular complexity index is 973. The first kappa shape index (κ1) is 14.6. The SMILES string of the molecule is Oc1ccc(O)c(/C=C2/CCCc3cc4cc(O)ccc4[o+]c32)c1. The van der Waals surface area contributed by atoms with Crippen molar-refractivity contribution in [1.82, 2.24) is 0 Å². The molecular formula is C20H17O4+. The minimum Gasteiger partial charge on any atom is -0.508 e. The predicted octanol–water partition coefficient (Wildman–Crippen LogP) is 4.71. The van der Waals surface area contributed by atoms with Crippen molar-refractivity contribution in [3.8, 4) is 17.2 Å². The molecule has 4 heteroatoms. The lowest BCUT2D eigenvalue weighted by Gasteiger charge is -2.11. The largest absolute Gasteiger partial charge is 0.508 e. The molecule has 120 valence electrons. The second-order valence-corrected chi connectivity index (χ2v) is 6.09. The summed E-state index contributed by atoms with van der Waals surface area (Å²) in [5.41, 5.74) is 3.36. The van der Waals surface area contributed by atoms with Crippen LogP contribution in [0.15, 0.2) is 46.9 Å². The van der Waals surface area contributed by atoms with Gasteiger partial charge in [0.1, 0.15) is 17.2 Å². The third-order valence-electron chi connectivity index (χ3n) is 4.35. The first-order chi connectivity index (χ1) is 11.6. The van der Waals surface area contributed by atoms with Gasteiger partial charge in [0.05, 0.1) is 16.5 Å². The van der Waals surface area contributed by atoms with Crippen LogP contribution in [0.5, 0.6) is 17.2 Å². The highest BCUT2D eigenvalue weighted by Gasteiger charge is 2.27. The highest BCUT2D eigenvalue weighted by Crippen LogP contribution is 2.37. The zero-order chi connectivity index (χ0) is 16.7. The molecule has 3 aromatic rings. The second-order valence-electron chi connectivity index (χ2n) is 6.09. The van der Waals surface area contributed by atoms with Crippen LogP contribution in [-0.2, 0) is 6.42 Å². The molecule has 0 saturated heterocycles. The van der Waals surface area contributed by atoms with E-state index in [1.165, 1.54) is 18.2 Å². The number of fused-ring (bicyclic) bond motifs is 2. The topological polar surface area (TPSA) is 72.0 Å². The third kappa shape index (κ3) is 2.56. The number of allylic oxidation sites excluding steroid dienone is 1. The molecule has 0 bridgehead atoms. The van der Waals surface area contributed by atoms with Gasteiger partial charge in [0.2, 0.25) is 0 Å². The van der Waals surface area contributed by atoms with Crippen LogP contribution >= 0.6 is 0 Å². The van der Waals surface area contributed by atoms with Gasteiger partial charge in [-0.2, -0.15) is 0 Å². The minimum atomic E-state index is 0.113. The fourth-order valence-electron chi connectivity index (χ4n) is 3.19. The van der Waals surface area contributed by atoms with Crippen molar-refractivity contribution >= 4 is 22.6 Å². The maximum atomic E-state index is 10.0. The van der Waals surface area contributed by atoms with E-state index in [4.69, 9.17) is 4.42 Å². The van der Waals surface area contributed by atoms with Crippen molar-refractivity contribution in [1.29, 1.82) is 0 Å². The van der Waals surface area contributed by atoms with Crippen molar-refractivity contribution in [3.63, 3.8) is 0 Å². The Hall–Kier alpha value is -3.01. The summed E-state index contributed by atoms with van der Waals surface area (Å²) < 4.78 is 6.07. The lowest BCUT2D eigenvalue weighted by atomic mass is 9.90. The molecule has 0 radical (unpaired) electrons. The number of phenols is 3. The normalized spacial score (nSPS) is 15.6. The molecule has 1 heterocycles. The van der Waals surface area contributed by atoms with Gasteiger partial charge in [0.25, 0.3) is 0 Å². The summed E-state index contributed by atoms with van der Waals surface area (Å²) in [7, 11) is 0. The molecule has 0 saturated carbocycles. The smallest absolute Gasteiger partial charge is 0.361 e. The van der Waals surface area contributed by atoms with Crippen molar-refractivity contribution in [2.75, 3.05) is 0 Å². The molecule has 24 heavy (non-hydrogen) atoms. The van der Waals surface area contributed by atoms with Gasteiger partial charge in [0.15, 0.2) is 0 Å². The highest BCUT2D eigenvalue weighted by molar-refractivity contribution is 5.87. The predicted molar refractivity (Wildman–Crippen MR) is 92.9 cm³/mol. The van der Waals surface area contributed by atoms with E-state index in [0.29, 0.717) is 11.1 Å². The molecule has 0 atom stereocenters. The minimum absolute atomic E-state index is 0.113. The van der Waals surface area contributed by atoms with E-state index in [2.05, 4.69) is 0 Å². The molecule has 0 aliphatic heterocycles. The monoisotopic (exact) mass is 321 g/mol. The maximum absolute atomic E-state index is 10.0. The first-order valence-corrected chi connectivity index (χ1v) is 7.92. The quantitative estimate of drug-likeness (QED) is 0.448.